The van der Waals surface area contributed by atoms with Gasteiger partial charge in [0.1, 0.15) is 0 Å². The molecule has 0 fully saturated rings. The minimum absolute atomic E-state index is 0.150. The summed E-state index contributed by atoms with van der Waals surface area (Å²) < 4.78 is 4.88. The van der Waals surface area contributed by atoms with Gasteiger partial charge in [-0.3, -0.25) is 4.79 Å². The number of nitrogens with zero attached hydrogens (tertiary/aromatic N) is 1. The van der Waals surface area contributed by atoms with E-state index in [1.807, 2.05) is 12.3 Å². The van der Waals surface area contributed by atoms with E-state index < -0.39 is 0 Å². The quantitative estimate of drug-likeness (QED) is 0.553. The first-order chi connectivity index (χ1) is 8.76. The number of rotatable bonds is 9. The number of ether oxygens (including phenoxy) is 1. The Morgan fingerprint density at radius 3 is 3.00 bits per heavy atom. The molecule has 0 bridgehead atoms. The van der Waals surface area contributed by atoms with Crippen LogP contribution in [0.25, 0.3) is 0 Å². The zero-order valence-electron chi connectivity index (χ0n) is 11.2. The molecule has 1 rings (SSSR count). The first kappa shape index (κ1) is 15.0. The molecule has 0 aliphatic carbocycles. The summed E-state index contributed by atoms with van der Waals surface area (Å²) in [6.07, 6.45) is 4.71. The molecule has 0 aromatic carbocycles. The molecular formula is C13H22N2O2S. The Morgan fingerprint density at radius 2 is 2.28 bits per heavy atom. The molecule has 102 valence electrons. The van der Waals surface area contributed by atoms with Crippen molar-refractivity contribution < 1.29 is 9.53 Å². The lowest BCUT2D eigenvalue weighted by atomic mass is 10.2. The van der Waals surface area contributed by atoms with Crippen molar-refractivity contribution in [2.45, 2.75) is 46.0 Å². The number of nitrogens with one attached hydrogen (secondary N) is 1. The summed E-state index contributed by atoms with van der Waals surface area (Å²) in [6.45, 7) is 5.43. The number of hydrogen-bond donors (Lipinski definition) is 1. The topological polar surface area (TPSA) is 51.2 Å². The predicted octanol–water partition coefficient (Wildman–Crippen LogP) is 3.24. The Labute approximate surface area is 113 Å². The molecule has 0 atom stereocenters. The Hall–Kier alpha value is -1.10. The van der Waals surface area contributed by atoms with Gasteiger partial charge in [-0.05, 0) is 13.3 Å². The van der Waals surface area contributed by atoms with Gasteiger partial charge >= 0.3 is 5.97 Å². The van der Waals surface area contributed by atoms with Crippen LogP contribution in [0.15, 0.2) is 5.38 Å². The SMILES string of the molecule is CCCCCNc1nc(CCC(=O)OCC)cs1. The molecular weight excluding hydrogens is 248 g/mol. The van der Waals surface area contributed by atoms with Crippen molar-refractivity contribution in [3.05, 3.63) is 11.1 Å². The van der Waals surface area contributed by atoms with Gasteiger partial charge in [0.25, 0.3) is 0 Å². The van der Waals surface area contributed by atoms with Crippen LogP contribution in [-0.2, 0) is 16.0 Å². The molecule has 0 amide bonds. The zero-order valence-corrected chi connectivity index (χ0v) is 12.0. The van der Waals surface area contributed by atoms with E-state index in [1.165, 1.54) is 19.3 Å². The molecule has 0 spiro atoms. The highest BCUT2D eigenvalue weighted by atomic mass is 32.1. The molecule has 1 N–H and O–H groups in total. The summed E-state index contributed by atoms with van der Waals surface area (Å²) in [4.78, 5) is 15.6. The normalized spacial score (nSPS) is 10.3. The van der Waals surface area contributed by atoms with Gasteiger partial charge in [-0.25, -0.2) is 4.98 Å². The smallest absolute Gasteiger partial charge is 0.306 e. The van der Waals surface area contributed by atoms with Crippen molar-refractivity contribution in [1.29, 1.82) is 0 Å². The van der Waals surface area contributed by atoms with Gasteiger partial charge in [0.2, 0.25) is 0 Å². The summed E-state index contributed by atoms with van der Waals surface area (Å²) >= 11 is 1.60. The van der Waals surface area contributed by atoms with Crippen LogP contribution in [0.4, 0.5) is 5.13 Å². The highest BCUT2D eigenvalue weighted by molar-refractivity contribution is 7.13. The van der Waals surface area contributed by atoms with E-state index in [0.717, 1.165) is 17.4 Å². The molecule has 0 radical (unpaired) electrons. The van der Waals surface area contributed by atoms with Crippen LogP contribution >= 0.6 is 11.3 Å². The summed E-state index contributed by atoms with van der Waals surface area (Å²) in [5.41, 5.74) is 0.964. The van der Waals surface area contributed by atoms with Crippen molar-refractivity contribution in [1.82, 2.24) is 4.98 Å². The average molecular weight is 270 g/mol. The number of esters is 1. The monoisotopic (exact) mass is 270 g/mol. The summed E-state index contributed by atoms with van der Waals surface area (Å²) in [6, 6.07) is 0. The van der Waals surface area contributed by atoms with Gasteiger partial charge in [0.05, 0.1) is 18.7 Å². The standard InChI is InChI=1S/C13H22N2O2S/c1-3-5-6-9-14-13-15-11(10-18-13)7-8-12(16)17-4-2/h10H,3-9H2,1-2H3,(H,14,15). The largest absolute Gasteiger partial charge is 0.466 e. The Balaban J connectivity index is 2.23. The lowest BCUT2D eigenvalue weighted by Crippen LogP contribution is -2.05. The van der Waals surface area contributed by atoms with Crippen LogP contribution in [0.3, 0.4) is 0 Å². The number of carbonyl (C=O) groups is 1. The lowest BCUT2D eigenvalue weighted by molar-refractivity contribution is -0.143. The Morgan fingerprint density at radius 1 is 1.44 bits per heavy atom. The number of anilines is 1. The highest BCUT2D eigenvalue weighted by Gasteiger charge is 2.06. The number of aryl methyl sites for hydroxylation is 1. The van der Waals surface area contributed by atoms with Crippen LogP contribution in [0, 0.1) is 0 Å². The van der Waals surface area contributed by atoms with Crippen LogP contribution in [-0.4, -0.2) is 24.1 Å². The third kappa shape index (κ3) is 6.00. The maximum Gasteiger partial charge on any atom is 0.306 e. The summed E-state index contributed by atoms with van der Waals surface area (Å²) in [7, 11) is 0. The van der Waals surface area contributed by atoms with E-state index in [0.29, 0.717) is 19.4 Å². The Bertz CT molecular complexity index is 353. The molecule has 5 heteroatoms. The van der Waals surface area contributed by atoms with Crippen molar-refractivity contribution in [2.24, 2.45) is 0 Å². The van der Waals surface area contributed by atoms with Crippen LogP contribution < -0.4 is 5.32 Å². The van der Waals surface area contributed by atoms with E-state index in [2.05, 4.69) is 17.2 Å². The van der Waals surface area contributed by atoms with Gasteiger partial charge in [-0.1, -0.05) is 19.8 Å². The van der Waals surface area contributed by atoms with E-state index in [-0.39, 0.29) is 5.97 Å². The maximum atomic E-state index is 11.2. The van der Waals surface area contributed by atoms with Crippen LogP contribution in [0.2, 0.25) is 0 Å². The van der Waals surface area contributed by atoms with Crippen molar-refractivity contribution in [3.8, 4) is 0 Å². The fourth-order valence-corrected chi connectivity index (χ4v) is 2.31. The van der Waals surface area contributed by atoms with Crippen LogP contribution in [0.1, 0.15) is 45.2 Å². The highest BCUT2D eigenvalue weighted by Crippen LogP contribution is 2.16. The van der Waals surface area contributed by atoms with Gasteiger partial charge in [0, 0.05) is 18.3 Å². The zero-order chi connectivity index (χ0) is 13.2. The second-order valence-electron chi connectivity index (χ2n) is 4.08. The lowest BCUT2D eigenvalue weighted by Gasteiger charge is -2.01. The minimum atomic E-state index is -0.150. The van der Waals surface area contributed by atoms with Crippen LogP contribution in [0.5, 0.6) is 0 Å². The van der Waals surface area contributed by atoms with Gasteiger partial charge in [0.15, 0.2) is 5.13 Å². The predicted molar refractivity (Wildman–Crippen MR) is 75.1 cm³/mol. The average Bonchev–Trinajstić information content (AvgIpc) is 2.81. The van der Waals surface area contributed by atoms with Crippen molar-refractivity contribution in [3.63, 3.8) is 0 Å². The Kier molecular flexibility index (Phi) is 7.41. The van der Waals surface area contributed by atoms with E-state index in [1.54, 1.807) is 11.3 Å². The first-order valence-corrected chi connectivity index (χ1v) is 7.48. The third-order valence-corrected chi connectivity index (χ3v) is 3.35. The molecule has 0 aliphatic rings. The summed E-state index contributed by atoms with van der Waals surface area (Å²) in [5, 5.41) is 6.25. The van der Waals surface area contributed by atoms with E-state index in [9.17, 15) is 4.79 Å². The van der Waals surface area contributed by atoms with Gasteiger partial charge < -0.3 is 10.1 Å². The molecule has 0 aliphatic heterocycles. The van der Waals surface area contributed by atoms with Gasteiger partial charge in [-0.15, -0.1) is 11.3 Å². The molecule has 1 heterocycles. The minimum Gasteiger partial charge on any atom is -0.466 e. The van der Waals surface area contributed by atoms with Crippen molar-refractivity contribution in [2.75, 3.05) is 18.5 Å². The second-order valence-corrected chi connectivity index (χ2v) is 4.94. The fraction of sp³-hybridized carbons (Fsp3) is 0.692. The molecule has 0 saturated carbocycles. The number of carbonyl (C=O) groups excluding carboxylic acids is 1. The van der Waals surface area contributed by atoms with Crippen molar-refractivity contribution >= 4 is 22.4 Å². The molecule has 0 unspecified atom stereocenters. The number of thiazole rings is 1. The molecule has 4 nitrogen and oxygen atoms in total. The molecule has 1 aromatic heterocycles. The molecule has 18 heavy (non-hydrogen) atoms. The van der Waals surface area contributed by atoms with Gasteiger partial charge in [-0.2, -0.15) is 0 Å². The maximum absolute atomic E-state index is 11.2. The molecule has 0 saturated heterocycles. The fourth-order valence-electron chi connectivity index (χ4n) is 1.54. The molecule has 1 aromatic rings. The number of unbranched alkanes of at least 4 members (excludes halogenated alkanes) is 2. The third-order valence-electron chi connectivity index (χ3n) is 2.50. The number of hydrogen-bond acceptors (Lipinski definition) is 5. The number of aromatic nitrogens is 1. The van der Waals surface area contributed by atoms with E-state index in [4.69, 9.17) is 4.74 Å². The summed E-state index contributed by atoms with van der Waals surface area (Å²) in [5.74, 6) is -0.150. The van der Waals surface area contributed by atoms with E-state index >= 15 is 0 Å². The first-order valence-electron chi connectivity index (χ1n) is 6.60. The second kappa shape index (κ2) is 8.91.